The van der Waals surface area contributed by atoms with Crippen LogP contribution in [0.1, 0.15) is 24.1 Å². The lowest BCUT2D eigenvalue weighted by molar-refractivity contribution is 0.116. The number of halogens is 1. The minimum Gasteiger partial charge on any atom is -0.304 e. The highest BCUT2D eigenvalue weighted by Gasteiger charge is 2.44. The number of hydrogen-bond donors (Lipinski definition) is 1. The van der Waals surface area contributed by atoms with E-state index in [1.54, 1.807) is 0 Å². The van der Waals surface area contributed by atoms with Gasteiger partial charge in [0.05, 0.1) is 6.61 Å². The molecule has 2 rings (SSSR count). The van der Waals surface area contributed by atoms with Crippen LogP contribution in [0, 0.1) is 6.92 Å². The Labute approximate surface area is 88.2 Å². The number of aryl methyl sites for hydroxylation is 1. The van der Waals surface area contributed by atoms with Gasteiger partial charge in [0.25, 0.3) is 0 Å². The average molecular weight is 213 g/mol. The van der Waals surface area contributed by atoms with Crippen LogP contribution in [-0.2, 0) is 10.3 Å². The minimum atomic E-state index is 0.103. The van der Waals surface area contributed by atoms with Gasteiger partial charge in [-0.15, -0.1) is 0 Å². The van der Waals surface area contributed by atoms with Crippen molar-refractivity contribution in [2.24, 2.45) is 5.90 Å². The molecule has 0 bridgehead atoms. The monoisotopic (exact) mass is 212 g/mol. The van der Waals surface area contributed by atoms with E-state index in [0.717, 1.165) is 18.5 Å². The van der Waals surface area contributed by atoms with E-state index in [-0.39, 0.29) is 5.41 Å². The molecular formula is C10H13ClN2O. The smallest absolute Gasteiger partial charge is 0.129 e. The second-order valence-corrected chi connectivity index (χ2v) is 4.30. The van der Waals surface area contributed by atoms with E-state index in [0.29, 0.717) is 11.8 Å². The summed E-state index contributed by atoms with van der Waals surface area (Å²) in [5.74, 6) is 5.12. The molecule has 0 amide bonds. The number of aromatic nitrogens is 1. The standard InChI is InChI=1S/C10H13ClN2O/c1-7-4-8(5-9(11)13-7)10(2-3-10)6-14-12/h4-5H,2-3,6,12H2,1H3. The molecule has 0 unspecified atom stereocenters. The summed E-state index contributed by atoms with van der Waals surface area (Å²) in [4.78, 5) is 8.87. The van der Waals surface area contributed by atoms with Crippen LogP contribution in [0.5, 0.6) is 0 Å². The number of nitrogens with two attached hydrogens (primary N) is 1. The van der Waals surface area contributed by atoms with E-state index in [1.165, 1.54) is 5.56 Å². The van der Waals surface area contributed by atoms with Crippen LogP contribution >= 0.6 is 11.6 Å². The van der Waals surface area contributed by atoms with E-state index in [4.69, 9.17) is 22.3 Å². The Morgan fingerprint density at radius 3 is 2.79 bits per heavy atom. The summed E-state index contributed by atoms with van der Waals surface area (Å²) >= 11 is 5.90. The van der Waals surface area contributed by atoms with Crippen LogP contribution in [0.25, 0.3) is 0 Å². The first kappa shape index (κ1) is 9.90. The maximum absolute atomic E-state index is 5.90. The number of pyridine rings is 1. The Morgan fingerprint density at radius 1 is 1.57 bits per heavy atom. The van der Waals surface area contributed by atoms with E-state index in [2.05, 4.69) is 11.1 Å². The third kappa shape index (κ3) is 1.75. The molecule has 1 aromatic heterocycles. The van der Waals surface area contributed by atoms with Crippen molar-refractivity contribution in [3.8, 4) is 0 Å². The van der Waals surface area contributed by atoms with Gasteiger partial charge in [0.1, 0.15) is 5.15 Å². The van der Waals surface area contributed by atoms with Crippen molar-refractivity contribution in [2.75, 3.05) is 6.61 Å². The van der Waals surface area contributed by atoms with Gasteiger partial charge in [0.15, 0.2) is 0 Å². The number of hydrogen-bond acceptors (Lipinski definition) is 3. The molecule has 0 aromatic carbocycles. The summed E-state index contributed by atoms with van der Waals surface area (Å²) in [7, 11) is 0. The van der Waals surface area contributed by atoms with Crippen LogP contribution in [-0.4, -0.2) is 11.6 Å². The third-order valence-electron chi connectivity index (χ3n) is 2.75. The first-order valence-electron chi connectivity index (χ1n) is 4.63. The normalized spacial score (nSPS) is 18.2. The van der Waals surface area contributed by atoms with Crippen LogP contribution < -0.4 is 5.90 Å². The fourth-order valence-electron chi connectivity index (χ4n) is 1.76. The average Bonchev–Trinajstić information content (AvgIpc) is 2.84. The van der Waals surface area contributed by atoms with Gasteiger partial charge in [-0.05, 0) is 37.5 Å². The van der Waals surface area contributed by atoms with Crippen molar-refractivity contribution in [1.82, 2.24) is 4.98 Å². The topological polar surface area (TPSA) is 48.1 Å². The second-order valence-electron chi connectivity index (χ2n) is 3.91. The Bertz CT molecular complexity index is 330. The summed E-state index contributed by atoms with van der Waals surface area (Å²) in [6, 6.07) is 3.96. The zero-order chi connectivity index (χ0) is 10.2. The maximum atomic E-state index is 5.90. The van der Waals surface area contributed by atoms with Gasteiger partial charge in [0.2, 0.25) is 0 Å². The molecule has 4 heteroatoms. The van der Waals surface area contributed by atoms with Crippen molar-refractivity contribution in [3.05, 3.63) is 28.5 Å². The predicted octanol–water partition coefficient (Wildman–Crippen LogP) is 1.97. The molecule has 1 saturated carbocycles. The molecule has 0 atom stereocenters. The minimum absolute atomic E-state index is 0.103. The van der Waals surface area contributed by atoms with Crippen LogP contribution in [0.2, 0.25) is 5.15 Å². The van der Waals surface area contributed by atoms with E-state index >= 15 is 0 Å². The summed E-state index contributed by atoms with van der Waals surface area (Å²) in [5, 5.41) is 0.545. The SMILES string of the molecule is Cc1cc(C2(CON)CC2)cc(Cl)n1. The molecule has 14 heavy (non-hydrogen) atoms. The van der Waals surface area contributed by atoms with Crippen molar-refractivity contribution >= 4 is 11.6 Å². The fraction of sp³-hybridized carbons (Fsp3) is 0.500. The molecule has 3 nitrogen and oxygen atoms in total. The van der Waals surface area contributed by atoms with Gasteiger partial charge in [-0.1, -0.05) is 11.6 Å². The lowest BCUT2D eigenvalue weighted by Gasteiger charge is -2.14. The van der Waals surface area contributed by atoms with Gasteiger partial charge in [0, 0.05) is 11.1 Å². The molecule has 2 N–H and O–H groups in total. The van der Waals surface area contributed by atoms with Gasteiger partial charge >= 0.3 is 0 Å². The number of nitrogens with zero attached hydrogens (tertiary/aromatic N) is 1. The first-order chi connectivity index (χ1) is 6.66. The maximum Gasteiger partial charge on any atom is 0.129 e. The van der Waals surface area contributed by atoms with Crippen LogP contribution in [0.4, 0.5) is 0 Å². The second kappa shape index (κ2) is 3.50. The van der Waals surface area contributed by atoms with E-state index in [1.807, 2.05) is 13.0 Å². The van der Waals surface area contributed by atoms with Crippen LogP contribution in [0.15, 0.2) is 12.1 Å². The Balaban J connectivity index is 2.32. The van der Waals surface area contributed by atoms with Gasteiger partial charge in [-0.25, -0.2) is 10.9 Å². The Kier molecular flexibility index (Phi) is 2.47. The van der Waals surface area contributed by atoms with Crippen molar-refractivity contribution < 1.29 is 4.84 Å². The fourth-order valence-corrected chi connectivity index (χ4v) is 2.01. The predicted molar refractivity (Wildman–Crippen MR) is 55.0 cm³/mol. The summed E-state index contributed by atoms with van der Waals surface area (Å²) < 4.78 is 0. The lowest BCUT2D eigenvalue weighted by atomic mass is 9.97. The summed E-state index contributed by atoms with van der Waals surface area (Å²) in [6.07, 6.45) is 2.23. The van der Waals surface area contributed by atoms with Crippen molar-refractivity contribution in [1.29, 1.82) is 0 Å². The molecule has 0 spiro atoms. The van der Waals surface area contributed by atoms with E-state index in [9.17, 15) is 0 Å². The van der Waals surface area contributed by atoms with Gasteiger partial charge < -0.3 is 4.84 Å². The molecule has 1 aliphatic rings. The summed E-state index contributed by atoms with van der Waals surface area (Å²) in [5.41, 5.74) is 2.24. The Hall–Kier alpha value is -0.640. The quantitative estimate of drug-likeness (QED) is 0.616. The van der Waals surface area contributed by atoms with Crippen LogP contribution in [0.3, 0.4) is 0 Å². The molecule has 0 saturated heterocycles. The molecule has 76 valence electrons. The molecule has 1 heterocycles. The van der Waals surface area contributed by atoms with Gasteiger partial charge in [-0.3, -0.25) is 0 Å². The molecule has 0 aliphatic heterocycles. The van der Waals surface area contributed by atoms with Crippen molar-refractivity contribution in [2.45, 2.75) is 25.2 Å². The van der Waals surface area contributed by atoms with Gasteiger partial charge in [-0.2, -0.15) is 0 Å². The highest BCUT2D eigenvalue weighted by Crippen LogP contribution is 2.48. The molecule has 1 fully saturated rings. The summed E-state index contributed by atoms with van der Waals surface area (Å²) in [6.45, 7) is 2.50. The molecule has 0 radical (unpaired) electrons. The molecule has 1 aliphatic carbocycles. The largest absolute Gasteiger partial charge is 0.304 e. The highest BCUT2D eigenvalue weighted by molar-refractivity contribution is 6.29. The zero-order valence-electron chi connectivity index (χ0n) is 8.09. The first-order valence-corrected chi connectivity index (χ1v) is 5.00. The zero-order valence-corrected chi connectivity index (χ0v) is 8.84. The lowest BCUT2D eigenvalue weighted by Crippen LogP contribution is -2.18. The molecule has 1 aromatic rings. The third-order valence-corrected chi connectivity index (χ3v) is 2.94. The Morgan fingerprint density at radius 2 is 2.29 bits per heavy atom. The van der Waals surface area contributed by atoms with Crippen molar-refractivity contribution in [3.63, 3.8) is 0 Å². The molecular weight excluding hydrogens is 200 g/mol. The highest BCUT2D eigenvalue weighted by atomic mass is 35.5. The number of rotatable bonds is 3. The van der Waals surface area contributed by atoms with E-state index < -0.39 is 0 Å².